The van der Waals surface area contributed by atoms with Gasteiger partial charge in [0.05, 0.1) is 24.9 Å². The smallest absolute Gasteiger partial charge is 0.251 e. The van der Waals surface area contributed by atoms with Crippen LogP contribution in [0.3, 0.4) is 0 Å². The van der Waals surface area contributed by atoms with Crippen LogP contribution in [0.15, 0.2) is 78.9 Å². The Bertz CT molecular complexity index is 1020. The zero-order valence-corrected chi connectivity index (χ0v) is 17.7. The Kier molecular flexibility index (Phi) is 7.65. The van der Waals surface area contributed by atoms with Gasteiger partial charge in [-0.1, -0.05) is 48.5 Å². The fourth-order valence-electron chi connectivity index (χ4n) is 3.12. The van der Waals surface area contributed by atoms with Gasteiger partial charge in [0, 0.05) is 11.3 Å². The van der Waals surface area contributed by atoms with Crippen molar-refractivity contribution in [2.75, 3.05) is 23.8 Å². The lowest BCUT2D eigenvalue weighted by Crippen LogP contribution is -2.27. The monoisotopic (exact) mass is 417 g/mol. The molecule has 0 heterocycles. The number of hydrogen-bond donors (Lipinski definition) is 3. The van der Waals surface area contributed by atoms with Gasteiger partial charge in [0.25, 0.3) is 5.91 Å². The number of hydrogen-bond acceptors (Lipinski definition) is 4. The van der Waals surface area contributed by atoms with Gasteiger partial charge in [-0.3, -0.25) is 9.59 Å². The van der Waals surface area contributed by atoms with E-state index in [4.69, 9.17) is 4.74 Å². The summed E-state index contributed by atoms with van der Waals surface area (Å²) in [6.45, 7) is 4.46. The van der Waals surface area contributed by atoms with E-state index in [1.807, 2.05) is 68.4 Å². The topological polar surface area (TPSA) is 79.5 Å². The summed E-state index contributed by atoms with van der Waals surface area (Å²) in [6, 6.07) is 24.0. The van der Waals surface area contributed by atoms with Gasteiger partial charge < -0.3 is 20.7 Å². The molecule has 6 heteroatoms. The molecule has 6 nitrogen and oxygen atoms in total. The predicted molar refractivity (Wildman–Crippen MR) is 123 cm³/mol. The Morgan fingerprint density at radius 3 is 2.45 bits per heavy atom. The molecule has 0 bridgehead atoms. The SMILES string of the molecule is CCOc1ccccc1NCC(=O)Nc1cccc(C(=O)NC(C)c2ccccc2)c1. The van der Waals surface area contributed by atoms with Crippen molar-refractivity contribution in [1.82, 2.24) is 5.32 Å². The molecule has 31 heavy (non-hydrogen) atoms. The summed E-state index contributed by atoms with van der Waals surface area (Å²) in [5, 5.41) is 8.89. The van der Waals surface area contributed by atoms with Crippen molar-refractivity contribution >= 4 is 23.2 Å². The van der Waals surface area contributed by atoms with E-state index < -0.39 is 0 Å². The lowest BCUT2D eigenvalue weighted by atomic mass is 10.1. The molecule has 0 aliphatic heterocycles. The van der Waals surface area contributed by atoms with Gasteiger partial charge >= 0.3 is 0 Å². The minimum atomic E-state index is -0.221. The standard InChI is InChI=1S/C25H27N3O3/c1-3-31-23-15-8-7-14-22(23)26-17-24(29)28-21-13-9-12-20(16-21)25(30)27-18(2)19-10-5-4-6-11-19/h4-16,18,26H,3,17H2,1-2H3,(H,27,30)(H,28,29). The molecule has 0 radical (unpaired) electrons. The average molecular weight is 418 g/mol. The number of para-hydroxylation sites is 2. The maximum Gasteiger partial charge on any atom is 0.251 e. The van der Waals surface area contributed by atoms with Gasteiger partial charge in [-0.2, -0.15) is 0 Å². The Labute approximate surface area is 182 Å². The summed E-state index contributed by atoms with van der Waals surface area (Å²) < 4.78 is 5.55. The molecule has 0 aliphatic rings. The number of benzene rings is 3. The summed E-state index contributed by atoms with van der Waals surface area (Å²) in [4.78, 5) is 25.0. The van der Waals surface area contributed by atoms with E-state index in [9.17, 15) is 9.59 Å². The fraction of sp³-hybridized carbons (Fsp3) is 0.200. The second-order valence-electron chi connectivity index (χ2n) is 7.02. The minimum Gasteiger partial charge on any atom is -0.492 e. The van der Waals surface area contributed by atoms with Crippen LogP contribution in [-0.2, 0) is 4.79 Å². The summed E-state index contributed by atoms with van der Waals surface area (Å²) in [7, 11) is 0. The predicted octanol–water partition coefficient (Wildman–Crippen LogP) is 4.63. The first kappa shape index (κ1) is 21.9. The number of rotatable bonds is 9. The largest absolute Gasteiger partial charge is 0.492 e. The quantitative estimate of drug-likeness (QED) is 0.474. The second kappa shape index (κ2) is 10.8. The summed E-state index contributed by atoms with van der Waals surface area (Å²) in [5.74, 6) is 0.279. The highest BCUT2D eigenvalue weighted by Crippen LogP contribution is 2.23. The summed E-state index contributed by atoms with van der Waals surface area (Å²) in [5.41, 5.74) is 2.82. The molecule has 0 fully saturated rings. The zero-order valence-electron chi connectivity index (χ0n) is 17.7. The van der Waals surface area contributed by atoms with Crippen LogP contribution < -0.4 is 20.7 Å². The van der Waals surface area contributed by atoms with Gasteiger partial charge in [-0.05, 0) is 49.7 Å². The fourth-order valence-corrected chi connectivity index (χ4v) is 3.12. The number of carbonyl (C=O) groups excluding carboxylic acids is 2. The van der Waals surface area contributed by atoms with E-state index in [0.717, 1.165) is 11.3 Å². The number of anilines is 2. The first-order valence-electron chi connectivity index (χ1n) is 10.3. The average Bonchev–Trinajstić information content (AvgIpc) is 2.79. The third-order valence-electron chi connectivity index (χ3n) is 4.68. The number of carbonyl (C=O) groups is 2. The Morgan fingerprint density at radius 2 is 1.68 bits per heavy atom. The molecular formula is C25H27N3O3. The van der Waals surface area contributed by atoms with E-state index in [2.05, 4.69) is 16.0 Å². The summed E-state index contributed by atoms with van der Waals surface area (Å²) >= 11 is 0. The molecule has 1 unspecified atom stereocenters. The lowest BCUT2D eigenvalue weighted by Gasteiger charge is -2.15. The summed E-state index contributed by atoms with van der Waals surface area (Å²) in [6.07, 6.45) is 0. The maximum atomic E-state index is 12.6. The van der Waals surface area contributed by atoms with Crippen molar-refractivity contribution in [1.29, 1.82) is 0 Å². The van der Waals surface area contributed by atoms with Gasteiger partial charge in [0.1, 0.15) is 5.75 Å². The van der Waals surface area contributed by atoms with E-state index in [-0.39, 0.29) is 24.4 Å². The lowest BCUT2D eigenvalue weighted by molar-refractivity contribution is -0.114. The Hall–Kier alpha value is -3.80. The Morgan fingerprint density at radius 1 is 0.935 bits per heavy atom. The van der Waals surface area contributed by atoms with Crippen molar-refractivity contribution in [2.45, 2.75) is 19.9 Å². The number of ether oxygens (including phenoxy) is 1. The van der Waals surface area contributed by atoms with E-state index in [1.54, 1.807) is 24.3 Å². The molecule has 3 aromatic rings. The molecule has 1 atom stereocenters. The minimum absolute atomic E-state index is 0.0750. The maximum absolute atomic E-state index is 12.6. The molecule has 0 aliphatic carbocycles. The van der Waals surface area contributed by atoms with Crippen LogP contribution in [0.5, 0.6) is 5.75 Å². The van der Waals surface area contributed by atoms with Crippen molar-refractivity contribution in [2.24, 2.45) is 0 Å². The first-order valence-corrected chi connectivity index (χ1v) is 10.3. The molecule has 0 spiro atoms. The highest BCUT2D eigenvalue weighted by Gasteiger charge is 2.12. The molecule has 3 aromatic carbocycles. The van der Waals surface area contributed by atoms with Crippen LogP contribution >= 0.6 is 0 Å². The van der Waals surface area contributed by atoms with Gasteiger partial charge in [-0.25, -0.2) is 0 Å². The van der Waals surface area contributed by atoms with Crippen molar-refractivity contribution in [3.05, 3.63) is 90.0 Å². The molecule has 160 valence electrons. The normalized spacial score (nSPS) is 11.3. The zero-order chi connectivity index (χ0) is 22.1. The van der Waals surface area contributed by atoms with E-state index >= 15 is 0 Å². The van der Waals surface area contributed by atoms with Crippen LogP contribution in [0.2, 0.25) is 0 Å². The molecule has 2 amide bonds. The van der Waals surface area contributed by atoms with Crippen molar-refractivity contribution < 1.29 is 14.3 Å². The molecule has 0 saturated heterocycles. The molecular weight excluding hydrogens is 390 g/mol. The van der Waals surface area contributed by atoms with Crippen LogP contribution in [0, 0.1) is 0 Å². The van der Waals surface area contributed by atoms with Gasteiger partial charge in [-0.15, -0.1) is 0 Å². The van der Waals surface area contributed by atoms with Crippen molar-refractivity contribution in [3.63, 3.8) is 0 Å². The molecule has 3 N–H and O–H groups in total. The van der Waals surface area contributed by atoms with Crippen LogP contribution in [0.25, 0.3) is 0 Å². The van der Waals surface area contributed by atoms with Gasteiger partial charge in [0.15, 0.2) is 0 Å². The second-order valence-corrected chi connectivity index (χ2v) is 7.02. The van der Waals surface area contributed by atoms with E-state index in [1.165, 1.54) is 0 Å². The first-order chi connectivity index (χ1) is 15.1. The molecule has 0 aromatic heterocycles. The molecule has 0 saturated carbocycles. The van der Waals surface area contributed by atoms with Crippen LogP contribution in [0.4, 0.5) is 11.4 Å². The highest BCUT2D eigenvalue weighted by atomic mass is 16.5. The van der Waals surface area contributed by atoms with Crippen LogP contribution in [-0.4, -0.2) is 25.0 Å². The third-order valence-corrected chi connectivity index (χ3v) is 4.68. The number of amides is 2. The van der Waals surface area contributed by atoms with Crippen LogP contribution in [0.1, 0.15) is 35.8 Å². The van der Waals surface area contributed by atoms with Gasteiger partial charge in [0.2, 0.25) is 5.91 Å². The Balaban J connectivity index is 1.57. The highest BCUT2D eigenvalue weighted by molar-refractivity contribution is 5.98. The molecule has 3 rings (SSSR count). The number of nitrogens with one attached hydrogen (secondary N) is 3. The van der Waals surface area contributed by atoms with E-state index in [0.29, 0.717) is 23.6 Å². The van der Waals surface area contributed by atoms with Crippen molar-refractivity contribution in [3.8, 4) is 5.75 Å². The third kappa shape index (κ3) is 6.34.